The van der Waals surface area contributed by atoms with Gasteiger partial charge in [0.25, 0.3) is 0 Å². The topological polar surface area (TPSA) is 60.9 Å². The molecule has 0 spiro atoms. The Labute approximate surface area is 169 Å². The highest BCUT2D eigenvalue weighted by atomic mass is 32.2. The molecular formula is C21H33N3O3S. The van der Waals surface area contributed by atoms with E-state index in [1.807, 2.05) is 18.7 Å². The molecule has 28 heavy (non-hydrogen) atoms. The number of carbonyl (C=O) groups excluding carboxylic acids is 1. The van der Waals surface area contributed by atoms with E-state index in [0.717, 1.165) is 38.3 Å². The first kappa shape index (κ1) is 22.6. The molecule has 0 atom stereocenters. The molecule has 156 valence electrons. The van der Waals surface area contributed by atoms with Crippen LogP contribution in [0.4, 0.5) is 0 Å². The van der Waals surface area contributed by atoms with Gasteiger partial charge >= 0.3 is 0 Å². The highest BCUT2D eigenvalue weighted by Gasteiger charge is 2.21. The maximum atomic E-state index is 12.5. The Bertz CT molecular complexity index is 761. The number of piperazine rings is 1. The van der Waals surface area contributed by atoms with Crippen molar-refractivity contribution in [2.24, 2.45) is 5.92 Å². The first-order valence-corrected chi connectivity index (χ1v) is 11.5. The minimum absolute atomic E-state index is 0.00374. The second-order valence-electron chi connectivity index (χ2n) is 7.51. The molecule has 0 N–H and O–H groups in total. The number of hydrogen-bond donors (Lipinski definition) is 0. The monoisotopic (exact) mass is 407 g/mol. The number of nitrogens with zero attached hydrogens (tertiary/aromatic N) is 3. The third-order valence-electron chi connectivity index (χ3n) is 4.95. The molecule has 0 aliphatic carbocycles. The maximum absolute atomic E-state index is 12.5. The van der Waals surface area contributed by atoms with E-state index in [0.29, 0.717) is 19.0 Å². The summed E-state index contributed by atoms with van der Waals surface area (Å²) in [6.07, 6.45) is 3.32. The van der Waals surface area contributed by atoms with Crippen LogP contribution in [0.1, 0.15) is 33.3 Å². The molecule has 7 heteroatoms. The molecular weight excluding hydrogens is 374 g/mol. The first-order chi connectivity index (χ1) is 13.3. The van der Waals surface area contributed by atoms with Gasteiger partial charge in [-0.3, -0.25) is 9.69 Å². The van der Waals surface area contributed by atoms with E-state index in [2.05, 4.69) is 18.7 Å². The second kappa shape index (κ2) is 10.2. The molecule has 0 bridgehead atoms. The fourth-order valence-electron chi connectivity index (χ4n) is 3.40. The molecule has 0 aromatic heterocycles. The van der Waals surface area contributed by atoms with Crippen LogP contribution in [0.25, 0.3) is 6.08 Å². The van der Waals surface area contributed by atoms with Crippen LogP contribution in [-0.4, -0.2) is 74.2 Å². The van der Waals surface area contributed by atoms with Gasteiger partial charge in [0.1, 0.15) is 0 Å². The average molecular weight is 408 g/mol. The lowest BCUT2D eigenvalue weighted by Crippen LogP contribution is -2.49. The molecule has 6 nitrogen and oxygen atoms in total. The molecule has 1 aliphatic heterocycles. The predicted octanol–water partition coefficient (Wildman–Crippen LogP) is 2.53. The Hall–Kier alpha value is -1.70. The molecule has 1 fully saturated rings. The lowest BCUT2D eigenvalue weighted by molar-refractivity contribution is -0.127. The molecule has 1 aromatic carbocycles. The van der Waals surface area contributed by atoms with Gasteiger partial charge in [0.2, 0.25) is 15.9 Å². The fourth-order valence-corrected chi connectivity index (χ4v) is 4.86. The van der Waals surface area contributed by atoms with Gasteiger partial charge in [-0.05, 0) is 29.7 Å². The first-order valence-electron chi connectivity index (χ1n) is 10.1. The molecule has 0 unspecified atom stereocenters. The summed E-state index contributed by atoms with van der Waals surface area (Å²) in [6.45, 7) is 13.3. The van der Waals surface area contributed by atoms with Crippen molar-refractivity contribution in [2.75, 3.05) is 45.8 Å². The van der Waals surface area contributed by atoms with Crippen molar-refractivity contribution in [1.29, 1.82) is 0 Å². The molecule has 1 aromatic rings. The summed E-state index contributed by atoms with van der Waals surface area (Å²) in [7, 11) is -3.45. The van der Waals surface area contributed by atoms with Gasteiger partial charge in [-0.25, -0.2) is 8.42 Å². The zero-order chi connectivity index (χ0) is 20.7. The molecule has 0 saturated carbocycles. The quantitative estimate of drug-likeness (QED) is 0.622. The summed E-state index contributed by atoms with van der Waals surface area (Å²) in [6, 6.07) is 6.67. The van der Waals surface area contributed by atoms with E-state index in [1.165, 1.54) is 4.31 Å². The van der Waals surface area contributed by atoms with Crippen LogP contribution in [0.2, 0.25) is 0 Å². The number of rotatable bonds is 8. The van der Waals surface area contributed by atoms with Gasteiger partial charge < -0.3 is 4.90 Å². The number of benzene rings is 1. The lowest BCUT2D eigenvalue weighted by Gasteiger charge is -2.35. The van der Waals surface area contributed by atoms with Crippen molar-refractivity contribution in [1.82, 2.24) is 14.1 Å². The SMILES string of the molecule is CCN(CC)S(=O)(=O)c1ccc(C=CC(=O)N2CCN(CC(C)C)CC2)cc1. The third kappa shape index (κ3) is 5.90. The van der Waals surface area contributed by atoms with Crippen LogP contribution in [0.15, 0.2) is 35.2 Å². The lowest BCUT2D eigenvalue weighted by atomic mass is 10.2. The van der Waals surface area contributed by atoms with Gasteiger partial charge in [-0.1, -0.05) is 39.8 Å². The van der Waals surface area contributed by atoms with E-state index >= 15 is 0 Å². The summed E-state index contributed by atoms with van der Waals surface area (Å²) in [5.41, 5.74) is 0.810. The second-order valence-corrected chi connectivity index (χ2v) is 9.45. The van der Waals surface area contributed by atoms with Crippen LogP contribution in [-0.2, 0) is 14.8 Å². The van der Waals surface area contributed by atoms with Crippen molar-refractivity contribution in [3.63, 3.8) is 0 Å². The standard InChI is InChI=1S/C21H33N3O3S/c1-5-24(6-2)28(26,27)20-10-7-19(8-11-20)9-12-21(25)23-15-13-22(14-16-23)17-18(3)4/h7-12,18H,5-6,13-17H2,1-4H3. The molecule has 1 aliphatic rings. The van der Waals surface area contributed by atoms with Crippen LogP contribution < -0.4 is 0 Å². The van der Waals surface area contributed by atoms with Crippen molar-refractivity contribution in [3.8, 4) is 0 Å². The minimum Gasteiger partial charge on any atom is -0.337 e. The van der Waals surface area contributed by atoms with Gasteiger partial charge in [0.15, 0.2) is 0 Å². The summed E-state index contributed by atoms with van der Waals surface area (Å²) < 4.78 is 26.5. The Balaban J connectivity index is 1.95. The summed E-state index contributed by atoms with van der Waals surface area (Å²) in [5, 5.41) is 0. The summed E-state index contributed by atoms with van der Waals surface area (Å²) in [5.74, 6) is 0.639. The number of carbonyl (C=O) groups is 1. The van der Waals surface area contributed by atoms with E-state index in [-0.39, 0.29) is 10.8 Å². The van der Waals surface area contributed by atoms with Crippen LogP contribution in [0.3, 0.4) is 0 Å². The van der Waals surface area contributed by atoms with Crippen LogP contribution in [0, 0.1) is 5.92 Å². The Morgan fingerprint density at radius 1 is 1.07 bits per heavy atom. The van der Waals surface area contributed by atoms with Gasteiger partial charge in [-0.2, -0.15) is 4.31 Å². The van der Waals surface area contributed by atoms with E-state index < -0.39 is 10.0 Å². The average Bonchev–Trinajstić information content (AvgIpc) is 2.67. The summed E-state index contributed by atoms with van der Waals surface area (Å²) in [4.78, 5) is 17.0. The van der Waals surface area contributed by atoms with Crippen molar-refractivity contribution in [3.05, 3.63) is 35.9 Å². The largest absolute Gasteiger partial charge is 0.337 e. The molecule has 0 radical (unpaired) electrons. The van der Waals surface area contributed by atoms with E-state index in [9.17, 15) is 13.2 Å². The van der Waals surface area contributed by atoms with Crippen LogP contribution >= 0.6 is 0 Å². The fraction of sp³-hybridized carbons (Fsp3) is 0.571. The van der Waals surface area contributed by atoms with Crippen molar-refractivity contribution in [2.45, 2.75) is 32.6 Å². The minimum atomic E-state index is -3.45. The predicted molar refractivity (Wildman–Crippen MR) is 113 cm³/mol. The zero-order valence-corrected chi connectivity index (χ0v) is 18.3. The van der Waals surface area contributed by atoms with Crippen LogP contribution in [0.5, 0.6) is 0 Å². The highest BCUT2D eigenvalue weighted by Crippen LogP contribution is 2.17. The van der Waals surface area contributed by atoms with Gasteiger partial charge in [-0.15, -0.1) is 0 Å². The van der Waals surface area contributed by atoms with E-state index in [4.69, 9.17) is 0 Å². The molecule has 2 rings (SSSR count). The van der Waals surface area contributed by atoms with Crippen molar-refractivity contribution >= 4 is 22.0 Å². The number of hydrogen-bond acceptors (Lipinski definition) is 4. The third-order valence-corrected chi connectivity index (χ3v) is 7.01. The van der Waals surface area contributed by atoms with Gasteiger partial charge in [0, 0.05) is 51.9 Å². The zero-order valence-electron chi connectivity index (χ0n) is 17.5. The molecule has 1 heterocycles. The van der Waals surface area contributed by atoms with E-state index in [1.54, 1.807) is 36.4 Å². The highest BCUT2D eigenvalue weighted by molar-refractivity contribution is 7.89. The number of amides is 1. The Morgan fingerprint density at radius 3 is 2.14 bits per heavy atom. The van der Waals surface area contributed by atoms with Gasteiger partial charge in [0.05, 0.1) is 4.90 Å². The molecule has 1 saturated heterocycles. The smallest absolute Gasteiger partial charge is 0.246 e. The Morgan fingerprint density at radius 2 is 1.64 bits per heavy atom. The normalized spacial score (nSPS) is 16.4. The number of sulfonamides is 1. The Kier molecular flexibility index (Phi) is 8.22. The molecule has 1 amide bonds. The van der Waals surface area contributed by atoms with Crippen molar-refractivity contribution < 1.29 is 13.2 Å². The summed E-state index contributed by atoms with van der Waals surface area (Å²) >= 11 is 0. The maximum Gasteiger partial charge on any atom is 0.246 e.